The van der Waals surface area contributed by atoms with Crippen LogP contribution in [0.25, 0.3) is 12.2 Å². The summed E-state index contributed by atoms with van der Waals surface area (Å²) < 4.78 is 5.89. The number of rotatable bonds is 9. The number of aromatic nitrogens is 1. The third-order valence-electron chi connectivity index (χ3n) is 7.80. The second kappa shape index (κ2) is 17.0. The summed E-state index contributed by atoms with van der Waals surface area (Å²) in [5.41, 5.74) is 1.20. The van der Waals surface area contributed by atoms with Gasteiger partial charge in [-0.05, 0) is 81.1 Å². The normalized spacial score (nSPS) is 18.5. The molecule has 0 spiro atoms. The lowest BCUT2D eigenvalue weighted by Gasteiger charge is -2.34. The Kier molecular flexibility index (Phi) is 13.5. The van der Waals surface area contributed by atoms with Crippen molar-refractivity contribution in [2.45, 2.75) is 72.8 Å². The first-order valence-corrected chi connectivity index (χ1v) is 15.8. The second-order valence-electron chi connectivity index (χ2n) is 10.4. The van der Waals surface area contributed by atoms with Crippen molar-refractivity contribution < 1.29 is 14.3 Å². The Morgan fingerprint density at radius 1 is 0.902 bits per heavy atom. The van der Waals surface area contributed by atoms with Crippen LogP contribution in [0.4, 0.5) is 0 Å². The number of nitrogens with zero attached hydrogens (tertiary/aromatic N) is 4. The van der Waals surface area contributed by atoms with E-state index in [1.165, 1.54) is 19.4 Å². The number of likely N-dealkylation sites (tertiary alicyclic amines) is 1. The second-order valence-corrected chi connectivity index (χ2v) is 10.4. The lowest BCUT2D eigenvalue weighted by atomic mass is 10.1. The fourth-order valence-electron chi connectivity index (χ4n) is 5.48. The minimum atomic E-state index is -0.0294. The first-order chi connectivity index (χ1) is 20.1. The van der Waals surface area contributed by atoms with Gasteiger partial charge in [0.1, 0.15) is 11.4 Å². The molecule has 3 heterocycles. The van der Waals surface area contributed by atoms with E-state index in [0.717, 1.165) is 42.1 Å². The number of amides is 1. The molecule has 1 aliphatic carbocycles. The highest BCUT2D eigenvalue weighted by Gasteiger charge is 2.24. The van der Waals surface area contributed by atoms with Crippen LogP contribution in [-0.2, 0) is 0 Å². The van der Waals surface area contributed by atoms with Crippen molar-refractivity contribution in [3.05, 3.63) is 58.2 Å². The van der Waals surface area contributed by atoms with Gasteiger partial charge in [-0.3, -0.25) is 14.5 Å². The Morgan fingerprint density at radius 2 is 1.61 bits per heavy atom. The summed E-state index contributed by atoms with van der Waals surface area (Å²) in [6, 6.07) is 12.0. The standard InChI is InChI=1S/C30H38N4O3.2C2H6/c1-23-6-4-15-33(23)16-5-21-37-26-12-9-25(10-13-26)29(35)22-32-17-19-34(20-18-32)30(36)28-14-11-24-7-2-3-8-27(24)31-28;2*1-2/h7-14,23H,2-6,15-22H2,1H3;2*1-2H3/t23-;;/m1../s1. The third kappa shape index (κ3) is 9.23. The lowest BCUT2D eigenvalue weighted by Crippen LogP contribution is -2.50. The van der Waals surface area contributed by atoms with Crippen LogP contribution in [0.5, 0.6) is 5.75 Å². The van der Waals surface area contributed by atoms with E-state index in [1.807, 2.05) is 69.0 Å². The molecular formula is C34H50N4O3. The lowest BCUT2D eigenvalue weighted by molar-refractivity contribution is 0.0619. The van der Waals surface area contributed by atoms with E-state index in [9.17, 15) is 9.59 Å². The van der Waals surface area contributed by atoms with Gasteiger partial charge in [-0.25, -0.2) is 4.98 Å². The number of carbonyl (C=O) groups is 2. The highest BCUT2D eigenvalue weighted by atomic mass is 16.5. The molecule has 2 aromatic rings. The Bertz CT molecular complexity index is 1220. The van der Waals surface area contributed by atoms with Crippen molar-refractivity contribution in [3.8, 4) is 5.75 Å². The number of ether oxygens (including phenoxy) is 1. The molecule has 41 heavy (non-hydrogen) atoms. The van der Waals surface area contributed by atoms with Gasteiger partial charge in [0.15, 0.2) is 5.78 Å². The minimum absolute atomic E-state index is 0.0294. The maximum atomic E-state index is 13.0. The fraction of sp³-hybridized carbons (Fsp3) is 0.559. The van der Waals surface area contributed by atoms with Crippen molar-refractivity contribution in [1.82, 2.24) is 19.7 Å². The van der Waals surface area contributed by atoms with Crippen LogP contribution < -0.4 is 15.3 Å². The molecule has 0 saturated carbocycles. The van der Waals surface area contributed by atoms with Crippen LogP contribution in [-0.4, -0.2) is 89.8 Å². The zero-order chi connectivity index (χ0) is 29.6. The molecule has 5 rings (SSSR count). The summed E-state index contributed by atoms with van der Waals surface area (Å²) in [5, 5.41) is 2.02. The van der Waals surface area contributed by atoms with E-state index >= 15 is 0 Å². The van der Waals surface area contributed by atoms with Gasteiger partial charge >= 0.3 is 0 Å². The third-order valence-corrected chi connectivity index (χ3v) is 7.80. The average Bonchev–Trinajstić information content (AvgIpc) is 3.45. The van der Waals surface area contributed by atoms with E-state index in [-0.39, 0.29) is 11.7 Å². The van der Waals surface area contributed by atoms with Crippen LogP contribution in [0, 0.1) is 0 Å². The highest BCUT2D eigenvalue weighted by molar-refractivity contribution is 5.97. The first-order valence-electron chi connectivity index (χ1n) is 15.8. The molecule has 0 radical (unpaired) electrons. The minimum Gasteiger partial charge on any atom is -0.494 e. The van der Waals surface area contributed by atoms with Crippen LogP contribution in [0.1, 0.15) is 87.6 Å². The SMILES string of the molecule is CC.CC.C[C@@H]1CCCN1CCCOc1ccc(C(=O)CN2CCN(C(=O)c3ccc4c(n3)=CCCC=4)CC2)cc1. The van der Waals surface area contributed by atoms with Gasteiger partial charge in [-0.2, -0.15) is 0 Å². The highest BCUT2D eigenvalue weighted by Crippen LogP contribution is 2.17. The van der Waals surface area contributed by atoms with Crippen molar-refractivity contribution in [2.24, 2.45) is 0 Å². The van der Waals surface area contributed by atoms with Crippen molar-refractivity contribution in [1.29, 1.82) is 0 Å². The molecule has 2 fully saturated rings. The fourth-order valence-corrected chi connectivity index (χ4v) is 5.48. The summed E-state index contributed by atoms with van der Waals surface area (Å²) in [5.74, 6) is 0.875. The quantitative estimate of drug-likeness (QED) is 0.334. The van der Waals surface area contributed by atoms with Crippen molar-refractivity contribution in [3.63, 3.8) is 0 Å². The maximum Gasteiger partial charge on any atom is 0.272 e. The largest absolute Gasteiger partial charge is 0.494 e. The number of fused-ring (bicyclic) bond motifs is 1. The Hall–Kier alpha value is -3.03. The number of Topliss-reactive ketones (excluding diaryl/α,β-unsaturated/α-hetero) is 1. The van der Waals surface area contributed by atoms with Crippen LogP contribution >= 0.6 is 0 Å². The molecule has 3 aliphatic rings. The summed E-state index contributed by atoms with van der Waals surface area (Å²) in [6.07, 6.45) is 9.88. The first kappa shape index (κ1) is 32.5. The molecule has 1 atom stereocenters. The topological polar surface area (TPSA) is 66.0 Å². The van der Waals surface area contributed by atoms with E-state index in [0.29, 0.717) is 56.6 Å². The van der Waals surface area contributed by atoms with Crippen molar-refractivity contribution in [2.75, 3.05) is 52.4 Å². The van der Waals surface area contributed by atoms with E-state index in [1.54, 1.807) is 0 Å². The van der Waals surface area contributed by atoms with Gasteiger partial charge in [0.2, 0.25) is 0 Å². The molecule has 0 unspecified atom stereocenters. The van der Waals surface area contributed by atoms with E-state index in [4.69, 9.17) is 4.74 Å². The van der Waals surface area contributed by atoms with E-state index < -0.39 is 0 Å². The summed E-state index contributed by atoms with van der Waals surface area (Å²) >= 11 is 0. The number of ketones is 1. The maximum absolute atomic E-state index is 13.0. The van der Waals surface area contributed by atoms with Crippen molar-refractivity contribution >= 4 is 23.8 Å². The predicted octanol–water partition coefficient (Wildman–Crippen LogP) is 4.38. The monoisotopic (exact) mass is 562 g/mol. The molecule has 1 aromatic heterocycles. The smallest absolute Gasteiger partial charge is 0.272 e. The Morgan fingerprint density at radius 3 is 2.29 bits per heavy atom. The van der Waals surface area contributed by atoms with Gasteiger partial charge in [0.05, 0.1) is 18.5 Å². The van der Waals surface area contributed by atoms with Gasteiger partial charge in [-0.1, -0.05) is 45.9 Å². The molecule has 224 valence electrons. The van der Waals surface area contributed by atoms with Gasteiger partial charge in [-0.15, -0.1) is 0 Å². The summed E-state index contributed by atoms with van der Waals surface area (Å²) in [7, 11) is 0. The summed E-state index contributed by atoms with van der Waals surface area (Å²) in [4.78, 5) is 36.9. The van der Waals surface area contributed by atoms with Crippen LogP contribution in [0.15, 0.2) is 36.4 Å². The number of hydrogen-bond acceptors (Lipinski definition) is 6. The van der Waals surface area contributed by atoms with Gasteiger partial charge in [0, 0.05) is 44.3 Å². The average molecular weight is 563 g/mol. The molecule has 0 bridgehead atoms. The number of hydrogen-bond donors (Lipinski definition) is 0. The van der Waals surface area contributed by atoms with Crippen LogP contribution in [0.2, 0.25) is 0 Å². The zero-order valence-electron chi connectivity index (χ0n) is 25.9. The van der Waals surface area contributed by atoms with Gasteiger partial charge < -0.3 is 14.5 Å². The zero-order valence-corrected chi connectivity index (χ0v) is 25.9. The molecule has 1 aromatic carbocycles. The van der Waals surface area contributed by atoms with E-state index in [2.05, 4.69) is 33.9 Å². The Balaban J connectivity index is 0.00000111. The van der Waals surface area contributed by atoms with Gasteiger partial charge in [0.25, 0.3) is 5.91 Å². The molecule has 0 N–H and O–H groups in total. The number of benzene rings is 1. The number of piperazine rings is 1. The molecule has 1 amide bonds. The molecule has 7 nitrogen and oxygen atoms in total. The Labute approximate surface area is 246 Å². The number of carbonyl (C=O) groups excluding carboxylic acids is 2. The molecular weight excluding hydrogens is 512 g/mol. The molecule has 2 saturated heterocycles. The number of pyridine rings is 1. The van der Waals surface area contributed by atoms with Crippen LogP contribution in [0.3, 0.4) is 0 Å². The summed E-state index contributed by atoms with van der Waals surface area (Å²) in [6.45, 7) is 16.2. The predicted molar refractivity (Wildman–Crippen MR) is 168 cm³/mol. The molecule has 7 heteroatoms. The molecule has 2 aliphatic heterocycles.